The fraction of sp³-hybridized carbons (Fsp3) is 0.862. The number of hydrogen-bond donors (Lipinski definition) is 0. The Kier molecular flexibility index (Phi) is 13.6. The third kappa shape index (κ3) is 11.0. The Morgan fingerprint density at radius 3 is 1.56 bits per heavy atom. The van der Waals surface area contributed by atoms with E-state index >= 15 is 0 Å². The molecule has 0 spiro atoms. The van der Waals surface area contributed by atoms with Crippen LogP contribution in [0.4, 0.5) is 4.79 Å². The Morgan fingerprint density at radius 1 is 0.667 bits per heavy atom. The molecule has 0 bridgehead atoms. The number of imide groups is 1. The zero-order valence-electron chi connectivity index (χ0n) is 25.3. The molecule has 2 saturated heterocycles. The Balaban J connectivity index is 1.44. The van der Waals surface area contributed by atoms with Gasteiger partial charge in [-0.2, -0.15) is 0 Å². The summed E-state index contributed by atoms with van der Waals surface area (Å²) in [6.45, 7) is 18.5. The van der Waals surface area contributed by atoms with Crippen molar-refractivity contribution in [3.05, 3.63) is 0 Å². The van der Waals surface area contributed by atoms with Gasteiger partial charge in [-0.1, -0.05) is 40.5 Å². The minimum Gasteiger partial charge on any atom is -0.381 e. The number of hydrogen-bond acceptors (Lipinski definition) is 6. The second-order valence-electron chi connectivity index (χ2n) is 12.4. The number of carbonyl (C=O) groups is 3. The molecule has 39 heavy (non-hydrogen) atoms. The SMILES string of the molecule is CCN1CC(=O)N(CC(C)(C)CCCCOCCCOCCCCC(C)(C)CN2C(=O)CN(CC)C2=S)C1=O. The highest BCUT2D eigenvalue weighted by Crippen LogP contribution is 2.28. The highest BCUT2D eigenvalue weighted by Gasteiger charge is 2.38. The molecule has 0 aromatic heterocycles. The molecule has 0 atom stereocenters. The third-order valence-corrected chi connectivity index (χ3v) is 8.03. The third-order valence-electron chi connectivity index (χ3n) is 7.55. The number of likely N-dealkylation sites (N-methyl/N-ethyl adjacent to an activating group) is 2. The molecule has 0 saturated carbocycles. The van der Waals surface area contributed by atoms with Crippen molar-refractivity contribution in [2.75, 3.05) is 65.7 Å². The number of urea groups is 1. The second-order valence-corrected chi connectivity index (χ2v) is 12.7. The molecule has 2 fully saturated rings. The Morgan fingerprint density at radius 2 is 1.10 bits per heavy atom. The minimum absolute atomic E-state index is 0.0197. The van der Waals surface area contributed by atoms with E-state index in [1.54, 1.807) is 9.80 Å². The molecule has 0 unspecified atom stereocenters. The van der Waals surface area contributed by atoms with Gasteiger partial charge in [0, 0.05) is 52.6 Å². The first kappa shape index (κ1) is 33.4. The summed E-state index contributed by atoms with van der Waals surface area (Å²) in [5.74, 6) is 0.0223. The summed E-state index contributed by atoms with van der Waals surface area (Å²) in [6, 6.07) is -0.158. The summed E-state index contributed by atoms with van der Waals surface area (Å²) >= 11 is 5.47. The Bertz CT molecular complexity index is 768. The summed E-state index contributed by atoms with van der Waals surface area (Å²) in [5, 5.41) is 0.668. The van der Waals surface area contributed by atoms with Crippen molar-refractivity contribution < 1.29 is 23.9 Å². The van der Waals surface area contributed by atoms with Crippen LogP contribution in [0.15, 0.2) is 0 Å². The van der Waals surface area contributed by atoms with E-state index in [2.05, 4.69) is 27.7 Å². The van der Waals surface area contributed by atoms with Gasteiger partial charge in [0.05, 0.1) is 6.54 Å². The number of amides is 4. The smallest absolute Gasteiger partial charge is 0.327 e. The van der Waals surface area contributed by atoms with Gasteiger partial charge in [0.25, 0.3) is 0 Å². The minimum atomic E-state index is -0.158. The van der Waals surface area contributed by atoms with E-state index in [0.717, 1.165) is 64.7 Å². The van der Waals surface area contributed by atoms with Crippen LogP contribution in [-0.4, -0.2) is 108 Å². The van der Waals surface area contributed by atoms with Crippen molar-refractivity contribution in [3.63, 3.8) is 0 Å². The van der Waals surface area contributed by atoms with Crippen molar-refractivity contribution in [3.8, 4) is 0 Å². The molecule has 2 heterocycles. The van der Waals surface area contributed by atoms with Gasteiger partial charge in [0.15, 0.2) is 5.11 Å². The monoisotopic (exact) mass is 568 g/mol. The average Bonchev–Trinajstić information content (AvgIpc) is 3.30. The Labute approximate surface area is 241 Å². The number of carbonyl (C=O) groups excluding carboxylic acids is 3. The van der Waals surface area contributed by atoms with Crippen LogP contribution in [-0.2, 0) is 19.1 Å². The van der Waals surface area contributed by atoms with Crippen LogP contribution in [0, 0.1) is 10.8 Å². The first-order valence-electron chi connectivity index (χ1n) is 14.7. The molecule has 0 radical (unpaired) electrons. The number of nitrogens with zero attached hydrogens (tertiary/aromatic N) is 4. The Hall–Kier alpha value is -1.78. The van der Waals surface area contributed by atoms with Crippen molar-refractivity contribution in [1.29, 1.82) is 0 Å². The molecule has 0 N–H and O–H groups in total. The van der Waals surface area contributed by atoms with Crippen molar-refractivity contribution >= 4 is 35.2 Å². The van der Waals surface area contributed by atoms with E-state index in [1.807, 2.05) is 18.7 Å². The van der Waals surface area contributed by atoms with E-state index in [-0.39, 0.29) is 35.2 Å². The lowest BCUT2D eigenvalue weighted by molar-refractivity contribution is -0.127. The van der Waals surface area contributed by atoms with Crippen LogP contribution in [0.1, 0.15) is 86.5 Å². The van der Waals surface area contributed by atoms with Crippen LogP contribution in [0.2, 0.25) is 0 Å². The zero-order chi connectivity index (χ0) is 29.1. The second kappa shape index (κ2) is 15.9. The fourth-order valence-corrected chi connectivity index (χ4v) is 5.45. The molecule has 2 aliphatic heterocycles. The molecule has 10 heteroatoms. The van der Waals surface area contributed by atoms with Crippen LogP contribution in [0.3, 0.4) is 0 Å². The van der Waals surface area contributed by atoms with Crippen molar-refractivity contribution in [2.45, 2.75) is 86.5 Å². The van der Waals surface area contributed by atoms with E-state index in [1.165, 1.54) is 4.90 Å². The lowest BCUT2D eigenvalue weighted by Crippen LogP contribution is -2.39. The summed E-state index contributed by atoms with van der Waals surface area (Å²) in [4.78, 5) is 43.5. The van der Waals surface area contributed by atoms with E-state index in [4.69, 9.17) is 21.7 Å². The fourth-order valence-electron chi connectivity index (χ4n) is 5.09. The molecule has 0 aromatic rings. The van der Waals surface area contributed by atoms with E-state index in [0.29, 0.717) is 44.5 Å². The molecular formula is C29H52N4O5S. The number of unbranched alkanes of at least 4 members (excludes halogenated alkanes) is 2. The molecular weight excluding hydrogens is 516 g/mol. The topological polar surface area (TPSA) is 82.6 Å². The van der Waals surface area contributed by atoms with E-state index in [9.17, 15) is 14.4 Å². The maximum absolute atomic E-state index is 12.3. The summed E-state index contributed by atoms with van der Waals surface area (Å²) in [6.07, 6.45) is 6.88. The van der Waals surface area contributed by atoms with Crippen molar-refractivity contribution in [1.82, 2.24) is 19.6 Å². The van der Waals surface area contributed by atoms with Gasteiger partial charge in [-0.05, 0) is 69.0 Å². The molecule has 0 aromatic carbocycles. The first-order chi connectivity index (χ1) is 18.4. The van der Waals surface area contributed by atoms with Gasteiger partial charge in [0.1, 0.15) is 6.54 Å². The molecule has 2 aliphatic rings. The molecule has 224 valence electrons. The van der Waals surface area contributed by atoms with Crippen LogP contribution in [0.5, 0.6) is 0 Å². The summed E-state index contributed by atoms with van der Waals surface area (Å²) in [7, 11) is 0. The highest BCUT2D eigenvalue weighted by molar-refractivity contribution is 7.80. The zero-order valence-corrected chi connectivity index (χ0v) is 26.1. The lowest BCUT2D eigenvalue weighted by Gasteiger charge is -2.30. The van der Waals surface area contributed by atoms with Gasteiger partial charge in [-0.3, -0.25) is 19.4 Å². The summed E-state index contributed by atoms with van der Waals surface area (Å²) in [5.41, 5.74) is -0.0848. The predicted molar refractivity (Wildman–Crippen MR) is 157 cm³/mol. The molecule has 0 aliphatic carbocycles. The maximum Gasteiger partial charge on any atom is 0.327 e. The van der Waals surface area contributed by atoms with Crippen LogP contribution >= 0.6 is 12.2 Å². The van der Waals surface area contributed by atoms with Gasteiger partial charge >= 0.3 is 6.03 Å². The predicted octanol–water partition coefficient (Wildman–Crippen LogP) is 4.54. The average molecular weight is 569 g/mol. The van der Waals surface area contributed by atoms with Gasteiger partial charge < -0.3 is 19.3 Å². The van der Waals surface area contributed by atoms with Gasteiger partial charge in [-0.15, -0.1) is 0 Å². The normalized spacial score (nSPS) is 17.0. The lowest BCUT2D eigenvalue weighted by atomic mass is 9.86. The van der Waals surface area contributed by atoms with E-state index < -0.39 is 0 Å². The maximum atomic E-state index is 12.3. The van der Waals surface area contributed by atoms with Crippen molar-refractivity contribution in [2.24, 2.45) is 10.8 Å². The van der Waals surface area contributed by atoms with Crippen LogP contribution in [0.25, 0.3) is 0 Å². The quantitative estimate of drug-likeness (QED) is 0.121. The van der Waals surface area contributed by atoms with Gasteiger partial charge in [0.2, 0.25) is 11.8 Å². The first-order valence-corrected chi connectivity index (χ1v) is 15.2. The number of rotatable bonds is 20. The number of thiocarbonyl (C=S) groups is 1. The van der Waals surface area contributed by atoms with Crippen LogP contribution < -0.4 is 0 Å². The molecule has 9 nitrogen and oxygen atoms in total. The number of ether oxygens (including phenoxy) is 2. The standard InChI is InChI=1S/C29H52N4O5S/c1-7-30-20-24(34)32(26(30)36)22-28(3,4)14-9-11-16-37-18-13-19-38-17-12-10-15-29(5,6)23-33-25(35)21-31(8-2)27(33)39/h7-23H2,1-6H3. The molecule has 4 amide bonds. The van der Waals surface area contributed by atoms with Gasteiger partial charge in [-0.25, -0.2) is 4.79 Å². The largest absolute Gasteiger partial charge is 0.381 e. The molecule has 2 rings (SSSR count). The summed E-state index contributed by atoms with van der Waals surface area (Å²) < 4.78 is 11.5. The highest BCUT2D eigenvalue weighted by atomic mass is 32.1.